The second kappa shape index (κ2) is 8.65. The predicted molar refractivity (Wildman–Crippen MR) is 122 cm³/mol. The molecule has 1 saturated heterocycles. The van der Waals surface area contributed by atoms with Gasteiger partial charge in [-0.05, 0) is 79.0 Å². The zero-order valence-corrected chi connectivity index (χ0v) is 18.2. The summed E-state index contributed by atoms with van der Waals surface area (Å²) in [4.78, 5) is 27.6. The van der Waals surface area contributed by atoms with Gasteiger partial charge in [-0.15, -0.1) is 0 Å². The molecule has 0 spiro atoms. The number of benzene rings is 2. The van der Waals surface area contributed by atoms with E-state index in [2.05, 4.69) is 5.32 Å². The third-order valence-electron chi connectivity index (χ3n) is 4.11. The molecule has 1 aliphatic heterocycles. The van der Waals surface area contributed by atoms with Gasteiger partial charge in [-0.25, -0.2) is 0 Å². The van der Waals surface area contributed by atoms with Gasteiger partial charge in [-0.1, -0.05) is 35.0 Å². The quantitative estimate of drug-likeness (QED) is 0.304. The van der Waals surface area contributed by atoms with E-state index in [4.69, 9.17) is 39.8 Å². The van der Waals surface area contributed by atoms with Crippen LogP contribution in [-0.4, -0.2) is 16.9 Å². The third kappa shape index (κ3) is 4.44. The molecule has 150 valence electrons. The first-order chi connectivity index (χ1) is 14.4. The fourth-order valence-electron chi connectivity index (χ4n) is 2.71. The van der Waals surface area contributed by atoms with Crippen molar-refractivity contribution in [3.05, 3.63) is 82.0 Å². The Bertz CT molecular complexity index is 1170. The number of hydrogen-bond donors (Lipinski definition) is 1. The number of anilines is 1. The van der Waals surface area contributed by atoms with Crippen LogP contribution in [0.3, 0.4) is 0 Å². The van der Waals surface area contributed by atoms with Crippen molar-refractivity contribution in [3.8, 4) is 0 Å². The van der Waals surface area contributed by atoms with E-state index in [-0.39, 0.29) is 10.7 Å². The first-order valence-corrected chi connectivity index (χ1v) is 10.6. The van der Waals surface area contributed by atoms with Gasteiger partial charge in [-0.3, -0.25) is 19.8 Å². The number of furan rings is 1. The summed E-state index contributed by atoms with van der Waals surface area (Å²) in [5, 5.41) is 4.31. The van der Waals surface area contributed by atoms with Gasteiger partial charge >= 0.3 is 0 Å². The van der Waals surface area contributed by atoms with Crippen molar-refractivity contribution < 1.29 is 14.0 Å². The van der Waals surface area contributed by atoms with Crippen LogP contribution in [0.1, 0.15) is 5.76 Å². The van der Waals surface area contributed by atoms with Gasteiger partial charge in [0.25, 0.3) is 11.8 Å². The zero-order chi connectivity index (χ0) is 21.3. The highest BCUT2D eigenvalue weighted by Crippen LogP contribution is 2.31. The summed E-state index contributed by atoms with van der Waals surface area (Å²) < 4.78 is 5.75. The smallest absolute Gasteiger partial charge is 0.270 e. The van der Waals surface area contributed by atoms with Crippen molar-refractivity contribution in [3.63, 3.8) is 0 Å². The Morgan fingerprint density at radius 2 is 1.57 bits per heavy atom. The molecule has 1 aromatic heterocycles. The largest absolute Gasteiger partial charge is 0.450 e. The summed E-state index contributed by atoms with van der Waals surface area (Å²) in [5.74, 6) is -0.762. The van der Waals surface area contributed by atoms with Gasteiger partial charge in [0.2, 0.25) is 0 Å². The highest BCUT2D eigenvalue weighted by Gasteiger charge is 2.34. The molecule has 2 amide bonds. The Kier molecular flexibility index (Phi) is 5.97. The van der Waals surface area contributed by atoms with Crippen LogP contribution in [0.2, 0.25) is 10.0 Å². The summed E-state index contributed by atoms with van der Waals surface area (Å²) >= 11 is 18.4. The van der Waals surface area contributed by atoms with Gasteiger partial charge in [0.05, 0.1) is 5.69 Å². The number of thiocarbonyl (C=S) groups is 1. The molecule has 0 unspecified atom stereocenters. The van der Waals surface area contributed by atoms with Crippen molar-refractivity contribution in [1.82, 2.24) is 5.32 Å². The summed E-state index contributed by atoms with van der Waals surface area (Å²) in [5.41, 5.74) is 0.412. The van der Waals surface area contributed by atoms with Crippen LogP contribution in [0, 0.1) is 0 Å². The fourth-order valence-corrected chi connectivity index (χ4v) is 4.02. The minimum Gasteiger partial charge on any atom is -0.450 e. The molecule has 0 saturated carbocycles. The maximum atomic E-state index is 13.0. The molecule has 2 aromatic carbocycles. The first-order valence-electron chi connectivity index (χ1n) is 8.61. The normalized spacial score (nSPS) is 15.6. The first kappa shape index (κ1) is 20.7. The lowest BCUT2D eigenvalue weighted by Gasteiger charge is -2.28. The summed E-state index contributed by atoms with van der Waals surface area (Å²) in [6.07, 6.45) is 1.40. The lowest BCUT2D eigenvalue weighted by molar-refractivity contribution is -0.122. The standard InChI is InChI=1S/C21H12Cl2N2O3S2/c22-12-1-5-14(6-2-12)25-20(27)17(19(26)24-21(25)29)11-15-7-10-18(28-15)30-16-8-3-13(23)4-9-16/h1-11H,(H,24,26,29)/b17-11+. The molecule has 30 heavy (non-hydrogen) atoms. The van der Waals surface area contributed by atoms with Crippen LogP contribution >= 0.6 is 47.2 Å². The monoisotopic (exact) mass is 474 g/mol. The van der Waals surface area contributed by atoms with Gasteiger partial charge < -0.3 is 4.42 Å². The maximum absolute atomic E-state index is 13.0. The number of halogens is 2. The van der Waals surface area contributed by atoms with Crippen LogP contribution < -0.4 is 10.2 Å². The maximum Gasteiger partial charge on any atom is 0.270 e. The lowest BCUT2D eigenvalue weighted by atomic mass is 10.1. The van der Waals surface area contributed by atoms with Gasteiger partial charge in [-0.2, -0.15) is 0 Å². The van der Waals surface area contributed by atoms with E-state index < -0.39 is 11.8 Å². The molecule has 3 aromatic rings. The van der Waals surface area contributed by atoms with Crippen molar-refractivity contribution in [2.24, 2.45) is 0 Å². The Hall–Kier alpha value is -2.58. The molecule has 5 nitrogen and oxygen atoms in total. The molecular formula is C21H12Cl2N2O3S2. The van der Waals surface area contributed by atoms with Crippen LogP contribution in [0.25, 0.3) is 6.08 Å². The molecule has 1 fully saturated rings. The second-order valence-corrected chi connectivity index (χ2v) is 8.48. The Morgan fingerprint density at radius 3 is 2.23 bits per heavy atom. The number of nitrogens with zero attached hydrogens (tertiary/aromatic N) is 1. The van der Waals surface area contributed by atoms with Crippen molar-refractivity contribution in [1.29, 1.82) is 0 Å². The van der Waals surface area contributed by atoms with Gasteiger partial charge in [0, 0.05) is 14.9 Å². The van der Waals surface area contributed by atoms with E-state index >= 15 is 0 Å². The highest BCUT2D eigenvalue weighted by molar-refractivity contribution is 7.99. The number of rotatable bonds is 4. The lowest BCUT2D eigenvalue weighted by Crippen LogP contribution is -2.54. The number of hydrogen-bond acceptors (Lipinski definition) is 5. The number of nitrogens with one attached hydrogen (secondary N) is 1. The van der Waals surface area contributed by atoms with Crippen LogP contribution in [0.5, 0.6) is 0 Å². The van der Waals surface area contributed by atoms with Gasteiger partial charge in [0.15, 0.2) is 10.2 Å². The molecule has 0 radical (unpaired) electrons. The molecule has 0 bridgehead atoms. The minimum atomic E-state index is -0.585. The van der Waals surface area contributed by atoms with Crippen molar-refractivity contribution in [2.75, 3.05) is 4.90 Å². The van der Waals surface area contributed by atoms with E-state index in [1.807, 2.05) is 12.1 Å². The average Bonchev–Trinajstić information content (AvgIpc) is 3.15. The van der Waals surface area contributed by atoms with E-state index in [0.29, 0.717) is 26.6 Å². The van der Waals surface area contributed by atoms with E-state index in [1.165, 1.54) is 22.7 Å². The molecule has 2 heterocycles. The summed E-state index contributed by atoms with van der Waals surface area (Å²) in [6, 6.07) is 17.3. The average molecular weight is 475 g/mol. The summed E-state index contributed by atoms with van der Waals surface area (Å²) in [7, 11) is 0. The van der Waals surface area contributed by atoms with E-state index in [1.54, 1.807) is 48.5 Å². The minimum absolute atomic E-state index is 0.00269. The molecular weight excluding hydrogens is 463 g/mol. The Balaban J connectivity index is 1.59. The molecule has 0 atom stereocenters. The number of carbonyl (C=O) groups excluding carboxylic acids is 2. The fraction of sp³-hybridized carbons (Fsp3) is 0. The third-order valence-corrected chi connectivity index (χ3v) is 5.82. The molecule has 9 heteroatoms. The molecule has 4 rings (SSSR count). The topological polar surface area (TPSA) is 62.6 Å². The molecule has 0 aliphatic carbocycles. The van der Waals surface area contributed by atoms with E-state index in [0.717, 1.165) is 4.90 Å². The summed E-state index contributed by atoms with van der Waals surface area (Å²) in [6.45, 7) is 0. The zero-order valence-electron chi connectivity index (χ0n) is 15.1. The van der Waals surface area contributed by atoms with Crippen molar-refractivity contribution in [2.45, 2.75) is 9.99 Å². The molecule has 1 aliphatic rings. The predicted octanol–water partition coefficient (Wildman–Crippen LogP) is 5.57. The Labute approximate surface area is 191 Å². The molecule has 1 N–H and O–H groups in total. The van der Waals surface area contributed by atoms with Crippen LogP contribution in [0.4, 0.5) is 5.69 Å². The number of carbonyl (C=O) groups is 2. The van der Waals surface area contributed by atoms with Crippen LogP contribution in [0.15, 0.2) is 80.6 Å². The van der Waals surface area contributed by atoms with Crippen LogP contribution in [-0.2, 0) is 9.59 Å². The second-order valence-electron chi connectivity index (χ2n) is 6.15. The van der Waals surface area contributed by atoms with E-state index in [9.17, 15) is 9.59 Å². The highest BCUT2D eigenvalue weighted by atomic mass is 35.5. The Morgan fingerprint density at radius 1 is 0.933 bits per heavy atom. The SMILES string of the molecule is O=C1NC(=S)N(c2ccc(Cl)cc2)C(=O)/C1=C/c1ccc(Sc2ccc(Cl)cc2)o1. The van der Waals surface area contributed by atoms with Crippen molar-refractivity contribution >= 4 is 75.9 Å². The number of amides is 2. The van der Waals surface area contributed by atoms with Gasteiger partial charge in [0.1, 0.15) is 11.3 Å².